The number of unbranched alkanes of at least 4 members (excludes halogenated alkanes) is 1. The van der Waals surface area contributed by atoms with Crippen LogP contribution in [0.25, 0.3) is 0 Å². The minimum atomic E-state index is 1.13. The molecule has 0 amide bonds. The number of nitrogens with zero attached hydrogens (tertiary/aromatic N) is 2. The highest BCUT2D eigenvalue weighted by Crippen LogP contribution is 2.01. The van der Waals surface area contributed by atoms with E-state index in [2.05, 4.69) is 42.6 Å². The second-order valence-corrected chi connectivity index (χ2v) is 3.30. The zero-order valence-corrected chi connectivity index (χ0v) is 8.38. The fourth-order valence-electron chi connectivity index (χ4n) is 1.46. The fraction of sp³-hybridized carbons (Fsp3) is 0.700. The Morgan fingerprint density at radius 2 is 2.17 bits per heavy atom. The summed E-state index contributed by atoms with van der Waals surface area (Å²) in [6.45, 7) is 5.60. The molecule has 1 heterocycles. The number of hydrogen-bond acceptors (Lipinski definition) is 0. The molecular weight excluding hydrogens is 148 g/mol. The Labute approximate surface area is 74.8 Å². The molecule has 0 aromatic carbocycles. The Morgan fingerprint density at radius 1 is 1.42 bits per heavy atom. The molecule has 1 rings (SSSR count). The topological polar surface area (TPSA) is 8.81 Å². The molecular formula is C10H19N2+. The van der Waals surface area contributed by atoms with Crippen LogP contribution in [0.4, 0.5) is 0 Å². The second kappa shape index (κ2) is 4.29. The van der Waals surface area contributed by atoms with Crippen molar-refractivity contribution in [2.24, 2.45) is 7.05 Å². The van der Waals surface area contributed by atoms with Crippen molar-refractivity contribution in [3.05, 3.63) is 18.2 Å². The summed E-state index contributed by atoms with van der Waals surface area (Å²) in [5.41, 5.74) is 1.44. The minimum Gasteiger partial charge on any atom is -0.239 e. The van der Waals surface area contributed by atoms with Crippen molar-refractivity contribution in [2.75, 3.05) is 0 Å². The zero-order chi connectivity index (χ0) is 8.97. The van der Waals surface area contributed by atoms with Crippen LogP contribution >= 0.6 is 0 Å². The van der Waals surface area contributed by atoms with Gasteiger partial charge in [-0.1, -0.05) is 20.3 Å². The number of imidazole rings is 1. The van der Waals surface area contributed by atoms with E-state index in [1.807, 2.05) is 0 Å². The van der Waals surface area contributed by atoms with Gasteiger partial charge in [-0.15, -0.1) is 0 Å². The van der Waals surface area contributed by atoms with Gasteiger partial charge in [0.1, 0.15) is 11.9 Å². The Balaban J connectivity index is 2.68. The molecule has 0 saturated carbocycles. The van der Waals surface area contributed by atoms with Crippen molar-refractivity contribution in [3.8, 4) is 0 Å². The average Bonchev–Trinajstić information content (AvgIpc) is 2.42. The smallest absolute Gasteiger partial charge is 0.239 e. The predicted octanol–water partition coefficient (Wildman–Crippen LogP) is 1.68. The van der Waals surface area contributed by atoms with Crippen LogP contribution in [-0.4, -0.2) is 4.57 Å². The maximum absolute atomic E-state index is 2.35. The van der Waals surface area contributed by atoms with E-state index in [1.54, 1.807) is 0 Å². The Hall–Kier alpha value is -0.790. The first kappa shape index (κ1) is 9.30. The van der Waals surface area contributed by atoms with E-state index in [0.29, 0.717) is 0 Å². The molecule has 0 atom stereocenters. The normalized spacial score (nSPS) is 10.6. The zero-order valence-electron chi connectivity index (χ0n) is 8.38. The maximum atomic E-state index is 2.35. The SMILES string of the molecule is CCCCn1c[n+](C)cc1CC. The molecule has 0 N–H and O–H groups in total. The largest absolute Gasteiger partial charge is 0.243 e. The summed E-state index contributed by atoms with van der Waals surface area (Å²) in [5.74, 6) is 0. The predicted molar refractivity (Wildman–Crippen MR) is 49.9 cm³/mol. The van der Waals surface area contributed by atoms with Crippen LogP contribution in [0, 0.1) is 0 Å². The van der Waals surface area contributed by atoms with Gasteiger partial charge in [0.2, 0.25) is 6.33 Å². The summed E-state index contributed by atoms with van der Waals surface area (Å²) >= 11 is 0. The summed E-state index contributed by atoms with van der Waals surface area (Å²) < 4.78 is 4.48. The van der Waals surface area contributed by atoms with Crippen molar-refractivity contribution < 1.29 is 4.57 Å². The summed E-state index contributed by atoms with van der Waals surface area (Å²) in [6.07, 6.45) is 8.06. The fourth-order valence-corrected chi connectivity index (χ4v) is 1.46. The van der Waals surface area contributed by atoms with Gasteiger partial charge in [-0.05, 0) is 6.42 Å². The highest BCUT2D eigenvalue weighted by molar-refractivity contribution is 4.92. The highest BCUT2D eigenvalue weighted by Gasteiger charge is 2.07. The van der Waals surface area contributed by atoms with Crippen molar-refractivity contribution in [3.63, 3.8) is 0 Å². The summed E-state index contributed by atoms with van der Waals surface area (Å²) in [4.78, 5) is 0. The van der Waals surface area contributed by atoms with E-state index in [1.165, 1.54) is 25.1 Å². The average molecular weight is 167 g/mol. The molecule has 68 valence electrons. The van der Waals surface area contributed by atoms with Crippen LogP contribution in [0.2, 0.25) is 0 Å². The Morgan fingerprint density at radius 3 is 2.75 bits per heavy atom. The van der Waals surface area contributed by atoms with Crippen LogP contribution < -0.4 is 4.57 Å². The van der Waals surface area contributed by atoms with Crippen LogP contribution in [0.1, 0.15) is 32.4 Å². The highest BCUT2D eigenvalue weighted by atomic mass is 15.1. The molecule has 0 unspecified atom stereocenters. The van der Waals surface area contributed by atoms with Gasteiger partial charge in [-0.3, -0.25) is 0 Å². The van der Waals surface area contributed by atoms with Crippen LogP contribution in [0.15, 0.2) is 12.5 Å². The third-order valence-electron chi connectivity index (χ3n) is 2.16. The molecule has 2 nitrogen and oxygen atoms in total. The number of rotatable bonds is 4. The van der Waals surface area contributed by atoms with E-state index < -0.39 is 0 Å². The molecule has 0 spiro atoms. The molecule has 0 aliphatic carbocycles. The second-order valence-electron chi connectivity index (χ2n) is 3.30. The lowest BCUT2D eigenvalue weighted by atomic mass is 10.3. The summed E-state index contributed by atoms with van der Waals surface area (Å²) in [6, 6.07) is 0. The van der Waals surface area contributed by atoms with Gasteiger partial charge in [0, 0.05) is 6.42 Å². The lowest BCUT2D eigenvalue weighted by molar-refractivity contribution is -0.671. The van der Waals surface area contributed by atoms with Crippen LogP contribution in [0.5, 0.6) is 0 Å². The first-order valence-electron chi connectivity index (χ1n) is 4.82. The first-order chi connectivity index (χ1) is 5.77. The molecule has 0 saturated heterocycles. The maximum Gasteiger partial charge on any atom is 0.243 e. The molecule has 0 bridgehead atoms. The first-order valence-corrected chi connectivity index (χ1v) is 4.82. The molecule has 1 aromatic rings. The van der Waals surface area contributed by atoms with Gasteiger partial charge in [-0.2, -0.15) is 0 Å². The van der Waals surface area contributed by atoms with E-state index in [9.17, 15) is 0 Å². The number of aryl methyl sites for hydroxylation is 3. The molecule has 1 aromatic heterocycles. The lowest BCUT2D eigenvalue weighted by Crippen LogP contribution is -2.23. The Kier molecular flexibility index (Phi) is 3.32. The van der Waals surface area contributed by atoms with Gasteiger partial charge >= 0.3 is 0 Å². The molecule has 0 aliphatic heterocycles. The molecule has 0 aliphatic rings. The quantitative estimate of drug-likeness (QED) is 0.603. The van der Waals surface area contributed by atoms with Gasteiger partial charge in [0.15, 0.2) is 0 Å². The van der Waals surface area contributed by atoms with Gasteiger partial charge in [0.05, 0.1) is 13.6 Å². The molecule has 2 heteroatoms. The summed E-state index contributed by atoms with van der Waals surface area (Å²) in [5, 5.41) is 0. The third kappa shape index (κ3) is 2.10. The van der Waals surface area contributed by atoms with Gasteiger partial charge < -0.3 is 0 Å². The lowest BCUT2D eigenvalue weighted by Gasteiger charge is -1.96. The monoisotopic (exact) mass is 167 g/mol. The standard InChI is InChI=1S/C10H19N2/c1-4-6-7-12-9-11(3)8-10(12)5-2/h8-9H,4-7H2,1-3H3/q+1. The number of aromatic nitrogens is 2. The molecule has 0 fully saturated rings. The van der Waals surface area contributed by atoms with Gasteiger partial charge in [-0.25, -0.2) is 9.13 Å². The van der Waals surface area contributed by atoms with Crippen molar-refractivity contribution in [1.82, 2.24) is 4.57 Å². The van der Waals surface area contributed by atoms with Crippen molar-refractivity contribution in [2.45, 2.75) is 39.7 Å². The van der Waals surface area contributed by atoms with Crippen LogP contribution in [0.3, 0.4) is 0 Å². The molecule has 0 radical (unpaired) electrons. The van der Waals surface area contributed by atoms with Crippen molar-refractivity contribution in [1.29, 1.82) is 0 Å². The van der Waals surface area contributed by atoms with Crippen LogP contribution in [-0.2, 0) is 20.0 Å². The van der Waals surface area contributed by atoms with Gasteiger partial charge in [0.25, 0.3) is 0 Å². The van der Waals surface area contributed by atoms with E-state index in [0.717, 1.165) is 6.42 Å². The van der Waals surface area contributed by atoms with E-state index >= 15 is 0 Å². The number of hydrogen-bond donors (Lipinski definition) is 0. The van der Waals surface area contributed by atoms with E-state index in [-0.39, 0.29) is 0 Å². The third-order valence-corrected chi connectivity index (χ3v) is 2.16. The summed E-state index contributed by atoms with van der Waals surface area (Å²) in [7, 11) is 2.08. The minimum absolute atomic E-state index is 1.13. The van der Waals surface area contributed by atoms with E-state index in [4.69, 9.17) is 0 Å². The Bertz CT molecular complexity index is 238. The van der Waals surface area contributed by atoms with Crippen molar-refractivity contribution >= 4 is 0 Å². The molecule has 12 heavy (non-hydrogen) atoms.